The summed E-state index contributed by atoms with van der Waals surface area (Å²) in [6, 6.07) is 6.84. The first-order chi connectivity index (χ1) is 15.2. The van der Waals surface area contributed by atoms with Crippen LogP contribution in [-0.4, -0.2) is 34.2 Å². The topological polar surface area (TPSA) is 119 Å². The smallest absolute Gasteiger partial charge is 0.408 e. The number of alkyl carbamates (subject to hydrolysis) is 1. The van der Waals surface area contributed by atoms with E-state index in [1.165, 1.54) is 0 Å². The van der Waals surface area contributed by atoms with E-state index >= 15 is 0 Å². The number of hydrogen-bond acceptors (Lipinski definition) is 5. The molecule has 172 valence electrons. The van der Waals surface area contributed by atoms with Gasteiger partial charge in [-0.1, -0.05) is 68.8 Å². The van der Waals surface area contributed by atoms with Gasteiger partial charge in [0.2, 0.25) is 6.54 Å². The lowest BCUT2D eigenvalue weighted by atomic mass is 9.53. The van der Waals surface area contributed by atoms with Gasteiger partial charge in [-0.2, -0.15) is 0 Å². The molecule has 0 saturated heterocycles. The number of ether oxygens (including phenoxy) is 1. The van der Waals surface area contributed by atoms with E-state index in [-0.39, 0.29) is 24.4 Å². The highest BCUT2D eigenvalue weighted by Gasteiger charge is 2.58. The minimum atomic E-state index is -1.66. The number of benzene rings is 1. The number of nitrogens with one attached hydrogen (secondary N) is 1. The number of aliphatic carboxylic acids is 1. The molecular formula is C24H30N2O6. The number of fused-ring (bicyclic) bond motifs is 1. The van der Waals surface area contributed by atoms with Crippen LogP contribution in [0.5, 0.6) is 0 Å². The standard InChI is InChI=1S/C24H30N2O6/c1-3-4-15-32-22(29)25-24(21(27)28)14-13-23(2)12-8-7-11-19(23)20(24)18-10-6-5-9-17(18)16-26(30)31/h5-12,19-20H,3-4,13-16H2,1-2H3,(H,25,29)(H,27,28). The molecule has 1 amide bonds. The number of hydrogen-bond donors (Lipinski definition) is 2. The molecule has 0 radical (unpaired) electrons. The molecule has 2 aliphatic carbocycles. The van der Waals surface area contributed by atoms with Gasteiger partial charge in [-0.15, -0.1) is 0 Å². The molecule has 2 N–H and O–H groups in total. The van der Waals surface area contributed by atoms with Gasteiger partial charge in [0.15, 0.2) is 0 Å². The molecule has 1 aromatic rings. The number of nitrogens with zero attached hydrogens (tertiary/aromatic N) is 1. The third-order valence-corrected chi connectivity index (χ3v) is 6.74. The van der Waals surface area contributed by atoms with Crippen LogP contribution in [-0.2, 0) is 16.1 Å². The molecule has 1 saturated carbocycles. The maximum absolute atomic E-state index is 12.8. The predicted octanol–water partition coefficient (Wildman–Crippen LogP) is 4.44. The molecule has 0 spiro atoms. The van der Waals surface area contributed by atoms with Gasteiger partial charge in [0, 0.05) is 16.4 Å². The number of unbranched alkanes of at least 4 members (excludes halogenated alkanes) is 1. The van der Waals surface area contributed by atoms with Crippen LogP contribution in [0.2, 0.25) is 0 Å². The Hall–Kier alpha value is -3.16. The van der Waals surface area contributed by atoms with Crippen molar-refractivity contribution in [3.8, 4) is 0 Å². The second kappa shape index (κ2) is 9.54. The number of carbonyl (C=O) groups is 2. The number of carboxylic acids is 1. The molecule has 0 heterocycles. The number of nitro groups is 1. The fourth-order valence-corrected chi connectivity index (χ4v) is 5.00. The Morgan fingerprint density at radius 3 is 2.72 bits per heavy atom. The van der Waals surface area contributed by atoms with Crippen molar-refractivity contribution in [2.24, 2.45) is 11.3 Å². The lowest BCUT2D eigenvalue weighted by Gasteiger charge is -2.53. The van der Waals surface area contributed by atoms with Gasteiger partial charge in [0.1, 0.15) is 5.54 Å². The number of carbonyl (C=O) groups excluding carboxylic acids is 1. The first-order valence-corrected chi connectivity index (χ1v) is 11.0. The third kappa shape index (κ3) is 4.54. The first kappa shape index (κ1) is 23.5. The van der Waals surface area contributed by atoms with E-state index in [9.17, 15) is 24.8 Å². The molecule has 8 nitrogen and oxygen atoms in total. The van der Waals surface area contributed by atoms with E-state index in [0.717, 1.165) is 6.42 Å². The predicted molar refractivity (Wildman–Crippen MR) is 119 cm³/mol. The summed E-state index contributed by atoms with van der Waals surface area (Å²) in [6.45, 7) is 3.80. The minimum Gasteiger partial charge on any atom is -0.479 e. The maximum atomic E-state index is 12.8. The van der Waals surface area contributed by atoms with Crippen molar-refractivity contribution >= 4 is 12.1 Å². The largest absolute Gasteiger partial charge is 0.479 e. The quantitative estimate of drug-likeness (QED) is 0.349. The Labute approximate surface area is 187 Å². The third-order valence-electron chi connectivity index (χ3n) is 6.74. The monoisotopic (exact) mass is 442 g/mol. The van der Waals surface area contributed by atoms with Gasteiger partial charge < -0.3 is 15.2 Å². The zero-order valence-electron chi connectivity index (χ0n) is 18.5. The summed E-state index contributed by atoms with van der Waals surface area (Å²) in [7, 11) is 0. The molecule has 1 fully saturated rings. The molecule has 3 rings (SSSR count). The Kier molecular flexibility index (Phi) is 7.01. The van der Waals surface area contributed by atoms with Gasteiger partial charge in [0.25, 0.3) is 0 Å². The van der Waals surface area contributed by atoms with Crippen LogP contribution < -0.4 is 5.32 Å². The van der Waals surface area contributed by atoms with E-state index in [1.54, 1.807) is 24.3 Å². The molecule has 0 bridgehead atoms. The number of carboxylic acid groups (broad SMARTS) is 1. The van der Waals surface area contributed by atoms with Crippen LogP contribution in [0, 0.1) is 21.4 Å². The Bertz CT molecular complexity index is 942. The fraction of sp³-hybridized carbons (Fsp3) is 0.500. The van der Waals surface area contributed by atoms with Crippen molar-refractivity contribution in [3.05, 3.63) is 69.8 Å². The summed E-state index contributed by atoms with van der Waals surface area (Å²) < 4.78 is 5.25. The molecule has 4 atom stereocenters. The molecule has 1 aromatic carbocycles. The van der Waals surface area contributed by atoms with E-state index in [2.05, 4.69) is 18.3 Å². The van der Waals surface area contributed by atoms with Crippen molar-refractivity contribution in [2.75, 3.05) is 6.61 Å². The molecule has 8 heteroatoms. The van der Waals surface area contributed by atoms with Crippen molar-refractivity contribution in [1.82, 2.24) is 5.32 Å². The highest BCUT2D eigenvalue weighted by molar-refractivity contribution is 5.86. The highest BCUT2D eigenvalue weighted by Crippen LogP contribution is 2.56. The van der Waals surface area contributed by atoms with Crippen molar-refractivity contribution in [2.45, 2.75) is 57.5 Å². The average Bonchev–Trinajstić information content (AvgIpc) is 2.74. The van der Waals surface area contributed by atoms with E-state index in [4.69, 9.17) is 4.74 Å². The zero-order valence-corrected chi connectivity index (χ0v) is 18.5. The number of amides is 1. The van der Waals surface area contributed by atoms with Crippen LogP contribution >= 0.6 is 0 Å². The maximum Gasteiger partial charge on any atom is 0.408 e. The molecule has 0 aromatic heterocycles. The number of allylic oxidation sites excluding steroid dienone is 4. The molecule has 4 unspecified atom stereocenters. The Morgan fingerprint density at radius 1 is 1.28 bits per heavy atom. The van der Waals surface area contributed by atoms with Gasteiger partial charge in [-0.3, -0.25) is 10.1 Å². The van der Waals surface area contributed by atoms with Crippen LogP contribution in [0.3, 0.4) is 0 Å². The average molecular weight is 443 g/mol. The van der Waals surface area contributed by atoms with Crippen LogP contribution in [0.1, 0.15) is 56.6 Å². The lowest BCUT2D eigenvalue weighted by Crippen LogP contribution is -2.64. The summed E-state index contributed by atoms with van der Waals surface area (Å²) in [5.74, 6) is -2.16. The Balaban J connectivity index is 2.12. The van der Waals surface area contributed by atoms with Gasteiger partial charge in [-0.05, 0) is 36.2 Å². The highest BCUT2D eigenvalue weighted by atomic mass is 16.6. The van der Waals surface area contributed by atoms with E-state index < -0.39 is 35.0 Å². The Morgan fingerprint density at radius 2 is 2.03 bits per heavy atom. The SMILES string of the molecule is CCCCOC(=O)NC1(C(=O)O)CCC2(C)C=CC=CC2C1c1ccccc1C[N+](=O)[O-]. The van der Waals surface area contributed by atoms with E-state index in [0.29, 0.717) is 24.0 Å². The zero-order chi connectivity index (χ0) is 23.4. The van der Waals surface area contributed by atoms with Crippen molar-refractivity contribution in [1.29, 1.82) is 0 Å². The molecule has 0 aliphatic heterocycles. The normalized spacial score (nSPS) is 28.6. The second-order valence-corrected chi connectivity index (χ2v) is 8.83. The fourth-order valence-electron chi connectivity index (χ4n) is 5.00. The summed E-state index contributed by atoms with van der Waals surface area (Å²) in [6.07, 6.45) is 9.27. The second-order valence-electron chi connectivity index (χ2n) is 8.83. The van der Waals surface area contributed by atoms with E-state index in [1.807, 2.05) is 25.2 Å². The summed E-state index contributed by atoms with van der Waals surface area (Å²) in [5, 5.41) is 24.5. The minimum absolute atomic E-state index is 0.174. The summed E-state index contributed by atoms with van der Waals surface area (Å²) in [5.41, 5.74) is -0.985. The van der Waals surface area contributed by atoms with Crippen LogP contribution in [0.4, 0.5) is 4.79 Å². The lowest BCUT2D eigenvalue weighted by molar-refractivity contribution is -0.497. The summed E-state index contributed by atoms with van der Waals surface area (Å²) in [4.78, 5) is 36.3. The molecular weight excluding hydrogens is 412 g/mol. The van der Waals surface area contributed by atoms with Gasteiger partial charge >= 0.3 is 12.1 Å². The van der Waals surface area contributed by atoms with Gasteiger partial charge in [-0.25, -0.2) is 9.59 Å². The molecule has 2 aliphatic rings. The summed E-state index contributed by atoms with van der Waals surface area (Å²) >= 11 is 0. The molecule has 32 heavy (non-hydrogen) atoms. The van der Waals surface area contributed by atoms with Crippen LogP contribution in [0.15, 0.2) is 48.6 Å². The van der Waals surface area contributed by atoms with Crippen molar-refractivity contribution in [3.63, 3.8) is 0 Å². The van der Waals surface area contributed by atoms with Gasteiger partial charge in [0.05, 0.1) is 6.61 Å². The van der Waals surface area contributed by atoms with Crippen LogP contribution in [0.25, 0.3) is 0 Å². The number of rotatable bonds is 8. The van der Waals surface area contributed by atoms with Crippen molar-refractivity contribution < 1.29 is 24.4 Å². The first-order valence-electron chi connectivity index (χ1n) is 11.0.